The quantitative estimate of drug-likeness (QED) is 0.147. The standard InChI is InChI=1S/C22H46N2.C6H3N3O7/c1-23(17-11-5-3-6-12-18-23)21-15-9-10-16-22-24(2)19-13-7-4-8-14-20-24;10-6-4(8(13)14)1-3(7(11)12)2-5(6)9(15)16/h3-22H2,1-2H3;1-2,10H/q+2;. The number of nitrogens with zero attached hydrogens (tertiary/aromatic N) is 5. The third-order valence-corrected chi connectivity index (χ3v) is 8.60. The number of nitro groups is 3. The summed E-state index contributed by atoms with van der Waals surface area (Å²) in [6, 6.07) is 0.894. The summed E-state index contributed by atoms with van der Waals surface area (Å²) in [4.78, 5) is 27.8. The Morgan fingerprint density at radius 2 is 0.925 bits per heavy atom. The monoisotopic (exact) mass is 567 g/mol. The van der Waals surface area contributed by atoms with Gasteiger partial charge in [0.05, 0.1) is 80.3 Å². The van der Waals surface area contributed by atoms with E-state index in [9.17, 15) is 30.3 Å². The molecule has 1 aromatic rings. The zero-order chi connectivity index (χ0) is 29.6. The molecule has 226 valence electrons. The van der Waals surface area contributed by atoms with E-state index in [1.54, 1.807) is 0 Å². The Labute approximate surface area is 237 Å². The first-order chi connectivity index (χ1) is 19.0. The fraction of sp³-hybridized carbons (Fsp3) is 0.786. The van der Waals surface area contributed by atoms with Crippen molar-refractivity contribution in [1.82, 2.24) is 0 Å². The van der Waals surface area contributed by atoms with E-state index in [0.717, 1.165) is 0 Å². The molecule has 0 bridgehead atoms. The first-order valence-electron chi connectivity index (χ1n) is 14.9. The van der Waals surface area contributed by atoms with E-state index in [2.05, 4.69) is 14.1 Å². The van der Waals surface area contributed by atoms with Gasteiger partial charge >= 0.3 is 11.4 Å². The molecule has 2 aliphatic rings. The number of aromatic hydroxyl groups is 1. The van der Waals surface area contributed by atoms with E-state index in [-0.39, 0.29) is 0 Å². The van der Waals surface area contributed by atoms with Crippen LogP contribution in [-0.2, 0) is 0 Å². The maximum Gasteiger partial charge on any atom is 0.324 e. The van der Waals surface area contributed by atoms with Gasteiger partial charge < -0.3 is 14.1 Å². The summed E-state index contributed by atoms with van der Waals surface area (Å²) in [7, 11) is 5.05. The summed E-state index contributed by atoms with van der Waals surface area (Å²) < 4.78 is 2.74. The molecule has 0 radical (unpaired) electrons. The van der Waals surface area contributed by atoms with Crippen LogP contribution in [0.25, 0.3) is 0 Å². The number of phenols is 1. The molecule has 2 saturated heterocycles. The van der Waals surface area contributed by atoms with Gasteiger partial charge in [0.1, 0.15) is 0 Å². The van der Waals surface area contributed by atoms with E-state index in [1.807, 2.05) is 0 Å². The molecule has 0 aliphatic carbocycles. The lowest BCUT2D eigenvalue weighted by Crippen LogP contribution is -2.47. The van der Waals surface area contributed by atoms with Gasteiger partial charge in [-0.25, -0.2) is 0 Å². The number of likely N-dealkylation sites (tertiary alicyclic amines) is 2. The average molecular weight is 568 g/mol. The Bertz CT molecular complexity index is 905. The molecule has 1 N–H and O–H groups in total. The molecule has 0 spiro atoms. The second kappa shape index (κ2) is 16.4. The lowest BCUT2D eigenvalue weighted by Gasteiger charge is -2.37. The van der Waals surface area contributed by atoms with Crippen LogP contribution < -0.4 is 0 Å². The second-order valence-electron chi connectivity index (χ2n) is 12.1. The van der Waals surface area contributed by atoms with E-state index in [4.69, 9.17) is 5.11 Å². The number of hydrogen-bond acceptors (Lipinski definition) is 7. The number of quaternary nitrogens is 2. The van der Waals surface area contributed by atoms with Gasteiger partial charge in [0.15, 0.2) is 0 Å². The van der Waals surface area contributed by atoms with Crippen LogP contribution in [0.1, 0.15) is 89.9 Å². The van der Waals surface area contributed by atoms with Crippen LogP contribution >= 0.6 is 0 Å². The molecule has 2 fully saturated rings. The van der Waals surface area contributed by atoms with Crippen molar-refractivity contribution in [1.29, 1.82) is 0 Å². The van der Waals surface area contributed by atoms with Gasteiger partial charge in [-0.15, -0.1) is 0 Å². The Morgan fingerprint density at radius 1 is 0.600 bits per heavy atom. The molecule has 12 heteroatoms. The molecule has 0 aromatic heterocycles. The van der Waals surface area contributed by atoms with Crippen molar-refractivity contribution in [3.05, 3.63) is 42.5 Å². The smallest absolute Gasteiger partial charge is 0.324 e. The normalized spacial score (nSPS) is 19.1. The van der Waals surface area contributed by atoms with Gasteiger partial charge in [-0.05, 0) is 77.0 Å². The van der Waals surface area contributed by atoms with Crippen LogP contribution in [0.15, 0.2) is 12.1 Å². The Morgan fingerprint density at radius 3 is 1.23 bits per heavy atom. The summed E-state index contributed by atoms with van der Waals surface area (Å²) in [6.45, 7) is 8.63. The van der Waals surface area contributed by atoms with Crippen molar-refractivity contribution < 1.29 is 28.8 Å². The lowest BCUT2D eigenvalue weighted by atomic mass is 10.0. The fourth-order valence-electron chi connectivity index (χ4n) is 6.02. The van der Waals surface area contributed by atoms with Gasteiger partial charge in [-0.3, -0.25) is 30.3 Å². The lowest BCUT2D eigenvalue weighted by molar-refractivity contribution is -0.911. The third kappa shape index (κ3) is 11.3. The molecular weight excluding hydrogens is 518 g/mol. The topological polar surface area (TPSA) is 150 Å². The Balaban J connectivity index is 0.000000305. The van der Waals surface area contributed by atoms with Crippen molar-refractivity contribution >= 4 is 17.1 Å². The van der Waals surface area contributed by atoms with Crippen LogP contribution in [0, 0.1) is 30.3 Å². The van der Waals surface area contributed by atoms with Crippen LogP contribution in [0.3, 0.4) is 0 Å². The van der Waals surface area contributed by atoms with Crippen molar-refractivity contribution in [2.75, 3.05) is 53.4 Å². The molecule has 12 nitrogen and oxygen atoms in total. The van der Waals surface area contributed by atoms with Crippen molar-refractivity contribution in [2.45, 2.75) is 89.9 Å². The van der Waals surface area contributed by atoms with Gasteiger partial charge in [-0.2, -0.15) is 0 Å². The van der Waals surface area contributed by atoms with Crippen molar-refractivity contribution in [2.24, 2.45) is 0 Å². The third-order valence-electron chi connectivity index (χ3n) is 8.60. The molecule has 0 saturated carbocycles. The van der Waals surface area contributed by atoms with Gasteiger partial charge in [0.2, 0.25) is 0 Å². The second-order valence-corrected chi connectivity index (χ2v) is 12.1. The largest absolute Gasteiger partial charge is 0.497 e. The van der Waals surface area contributed by atoms with E-state index in [0.29, 0.717) is 12.1 Å². The molecule has 40 heavy (non-hydrogen) atoms. The molecular formula is C28H49N5O7+2. The molecule has 2 heterocycles. The number of non-ortho nitro benzene ring substituents is 1. The summed E-state index contributed by atoms with van der Waals surface area (Å²) in [6.07, 6.45) is 20.6. The van der Waals surface area contributed by atoms with Crippen LogP contribution in [0.4, 0.5) is 17.1 Å². The molecule has 1 aromatic carbocycles. The highest BCUT2D eigenvalue weighted by Crippen LogP contribution is 2.39. The molecule has 0 unspecified atom stereocenters. The van der Waals surface area contributed by atoms with E-state index < -0.39 is 37.6 Å². The highest BCUT2D eigenvalue weighted by molar-refractivity contribution is 5.64. The zero-order valence-corrected chi connectivity index (χ0v) is 24.4. The molecule has 2 aliphatic heterocycles. The summed E-state index contributed by atoms with van der Waals surface area (Å²) in [5.74, 6) is -1.21. The molecule has 0 atom stereocenters. The van der Waals surface area contributed by atoms with Crippen LogP contribution in [0.5, 0.6) is 5.75 Å². The number of rotatable bonds is 10. The summed E-state index contributed by atoms with van der Waals surface area (Å²) >= 11 is 0. The average Bonchev–Trinajstić information content (AvgIpc) is 2.86. The SMILES string of the molecule is C[N+]1(CCCCCC[N+]2(C)CCCCCCC2)CCCCCCC1.O=[N+]([O-])c1cc([N+](=O)[O-])c(O)c([N+](=O)[O-])c1. The number of phenolic OH excluding ortho intramolecular Hbond substituents is 1. The number of unbranched alkanes of at least 4 members (excludes halogenated alkanes) is 3. The first kappa shape index (κ1) is 33.3. The minimum Gasteiger partial charge on any atom is -0.497 e. The Hall–Kier alpha value is -2.86. The Kier molecular flexibility index (Phi) is 13.7. The van der Waals surface area contributed by atoms with Gasteiger partial charge in [-0.1, -0.05) is 12.8 Å². The maximum absolute atomic E-state index is 10.4. The summed E-state index contributed by atoms with van der Waals surface area (Å²) in [5.41, 5.74) is -3.00. The molecule has 0 amide bonds. The first-order valence-corrected chi connectivity index (χ1v) is 14.9. The maximum atomic E-state index is 10.4. The summed E-state index contributed by atoms with van der Waals surface area (Å²) in [5, 5.41) is 40.2. The number of hydrogen-bond donors (Lipinski definition) is 1. The van der Waals surface area contributed by atoms with Crippen molar-refractivity contribution in [3.8, 4) is 5.75 Å². The number of benzene rings is 1. The highest BCUT2D eigenvalue weighted by Gasteiger charge is 2.30. The minimum atomic E-state index is -1.21. The zero-order valence-electron chi connectivity index (χ0n) is 24.4. The highest BCUT2D eigenvalue weighted by atomic mass is 16.6. The van der Waals surface area contributed by atoms with E-state index >= 15 is 0 Å². The van der Waals surface area contributed by atoms with E-state index in [1.165, 1.54) is 138 Å². The van der Waals surface area contributed by atoms with Crippen LogP contribution in [-0.4, -0.2) is 82.2 Å². The van der Waals surface area contributed by atoms with Gasteiger partial charge in [0.25, 0.3) is 11.4 Å². The predicted molar refractivity (Wildman–Crippen MR) is 154 cm³/mol. The van der Waals surface area contributed by atoms with Crippen molar-refractivity contribution in [3.63, 3.8) is 0 Å². The molecule has 3 rings (SSSR count). The predicted octanol–water partition coefficient (Wildman–Crippen LogP) is 6.49. The number of nitro benzene ring substituents is 3. The van der Waals surface area contributed by atoms with Gasteiger partial charge in [0, 0.05) is 0 Å². The fourth-order valence-corrected chi connectivity index (χ4v) is 6.02. The minimum absolute atomic E-state index is 0.447. The van der Waals surface area contributed by atoms with Crippen LogP contribution in [0.2, 0.25) is 0 Å².